The Kier molecular flexibility index (Phi) is 6.43. The van der Waals surface area contributed by atoms with Crippen molar-refractivity contribution in [2.45, 2.75) is 25.4 Å². The van der Waals surface area contributed by atoms with Crippen molar-refractivity contribution >= 4 is 34.5 Å². The van der Waals surface area contributed by atoms with Gasteiger partial charge in [-0.15, -0.1) is 0 Å². The summed E-state index contributed by atoms with van der Waals surface area (Å²) in [5, 5.41) is 0. The zero-order valence-corrected chi connectivity index (χ0v) is 21.5. The maximum Gasteiger partial charge on any atom is 0.258 e. The summed E-state index contributed by atoms with van der Waals surface area (Å²) in [6.07, 6.45) is -0.219. The van der Waals surface area contributed by atoms with E-state index in [1.165, 1.54) is 23.1 Å². The molecule has 0 radical (unpaired) electrons. The number of amides is 3. The number of hydrogen-bond donors (Lipinski definition) is 0. The zero-order valence-electron chi connectivity index (χ0n) is 21.5. The van der Waals surface area contributed by atoms with E-state index in [0.717, 1.165) is 16.0 Å². The molecule has 198 valence electrons. The lowest BCUT2D eigenvalue weighted by Crippen LogP contribution is -2.47. The molecule has 8 heteroatoms. The second kappa shape index (κ2) is 10.2. The Morgan fingerprint density at radius 2 is 1.60 bits per heavy atom. The van der Waals surface area contributed by atoms with Gasteiger partial charge in [0.2, 0.25) is 11.8 Å². The van der Waals surface area contributed by atoms with Gasteiger partial charge in [-0.25, -0.2) is 14.3 Å². The molecule has 0 aliphatic carbocycles. The second-order valence-corrected chi connectivity index (χ2v) is 9.60. The highest BCUT2D eigenvalue weighted by atomic mass is 19.1. The van der Waals surface area contributed by atoms with E-state index < -0.39 is 35.6 Å². The summed E-state index contributed by atoms with van der Waals surface area (Å²) in [6, 6.07) is 27.2. The van der Waals surface area contributed by atoms with Crippen molar-refractivity contribution in [1.82, 2.24) is 9.88 Å². The molecular formula is C32H24FN3O4. The minimum Gasteiger partial charge on any atom is -0.436 e. The summed E-state index contributed by atoms with van der Waals surface area (Å²) in [6.45, 7) is 1.77. The molecule has 1 aliphatic heterocycles. The normalized spacial score (nSPS) is 15.9. The molecule has 1 aromatic heterocycles. The molecule has 2 atom stereocenters. The van der Waals surface area contributed by atoms with Crippen LogP contribution in [0.4, 0.5) is 10.1 Å². The first-order valence-corrected chi connectivity index (χ1v) is 12.9. The van der Waals surface area contributed by atoms with Gasteiger partial charge < -0.3 is 9.32 Å². The van der Waals surface area contributed by atoms with Crippen molar-refractivity contribution in [2.75, 3.05) is 4.90 Å². The van der Waals surface area contributed by atoms with Crippen molar-refractivity contribution in [2.24, 2.45) is 0 Å². The first-order valence-electron chi connectivity index (χ1n) is 12.9. The smallest absolute Gasteiger partial charge is 0.258 e. The van der Waals surface area contributed by atoms with Crippen molar-refractivity contribution < 1.29 is 23.2 Å². The fourth-order valence-electron chi connectivity index (χ4n) is 5.11. The lowest BCUT2D eigenvalue weighted by atomic mass is 10.0. The minimum absolute atomic E-state index is 0.160. The molecule has 0 bridgehead atoms. The standard InChI is InChI=1S/C32H24FN3O4/c1-20(21-9-3-2-4-10-21)35(31(38)24-11-5-6-12-25(24)33)27-19-29(37)36(32(27)39)23-17-15-22(16-18-23)30-34-26-13-7-8-14-28(26)40-30/h2-18,20,27H,19H2,1H3. The number of fused-ring (bicyclic) bond motifs is 1. The number of nitrogens with zero attached hydrogens (tertiary/aromatic N) is 3. The zero-order chi connectivity index (χ0) is 27.8. The molecule has 1 fully saturated rings. The van der Waals surface area contributed by atoms with Crippen molar-refractivity contribution in [3.63, 3.8) is 0 Å². The molecule has 0 N–H and O–H groups in total. The molecule has 40 heavy (non-hydrogen) atoms. The first kappa shape index (κ1) is 25.2. The van der Waals surface area contributed by atoms with Crippen LogP contribution in [0.15, 0.2) is 108 Å². The average Bonchev–Trinajstić information content (AvgIpc) is 3.54. The number of anilines is 1. The van der Waals surface area contributed by atoms with Gasteiger partial charge in [0.1, 0.15) is 17.4 Å². The summed E-state index contributed by atoms with van der Waals surface area (Å²) in [5.74, 6) is -1.93. The SMILES string of the molecule is CC(c1ccccc1)N(C(=O)c1ccccc1F)C1CC(=O)N(c2ccc(-c3nc4ccccc4o3)cc2)C1=O. The molecule has 2 unspecified atom stereocenters. The van der Waals surface area contributed by atoms with Crippen LogP contribution in [0.3, 0.4) is 0 Å². The first-order chi connectivity index (χ1) is 19.4. The average molecular weight is 534 g/mol. The number of rotatable bonds is 6. The molecule has 5 aromatic rings. The van der Waals surface area contributed by atoms with E-state index in [4.69, 9.17) is 4.42 Å². The summed E-state index contributed by atoms with van der Waals surface area (Å²) >= 11 is 0. The van der Waals surface area contributed by atoms with Gasteiger partial charge in [-0.1, -0.05) is 54.6 Å². The van der Waals surface area contributed by atoms with Crippen molar-refractivity contribution in [1.29, 1.82) is 0 Å². The van der Waals surface area contributed by atoms with E-state index in [0.29, 0.717) is 22.7 Å². The molecule has 3 amide bonds. The highest BCUT2D eigenvalue weighted by molar-refractivity contribution is 6.23. The van der Waals surface area contributed by atoms with Crippen LogP contribution in [-0.4, -0.2) is 33.6 Å². The van der Waals surface area contributed by atoms with Gasteiger partial charge in [0.05, 0.1) is 23.7 Å². The summed E-state index contributed by atoms with van der Waals surface area (Å²) in [5.41, 5.74) is 3.02. The molecule has 6 rings (SSSR count). The van der Waals surface area contributed by atoms with Crippen LogP contribution in [0.2, 0.25) is 0 Å². The molecule has 4 aromatic carbocycles. The topological polar surface area (TPSA) is 83.7 Å². The Bertz CT molecular complexity index is 1700. The lowest BCUT2D eigenvalue weighted by molar-refractivity contribution is -0.123. The summed E-state index contributed by atoms with van der Waals surface area (Å²) < 4.78 is 20.5. The number of oxazole rings is 1. The number of imide groups is 1. The third kappa shape index (κ3) is 4.43. The molecular weight excluding hydrogens is 509 g/mol. The Hall–Kier alpha value is -5.11. The Morgan fingerprint density at radius 1 is 0.925 bits per heavy atom. The molecule has 7 nitrogen and oxygen atoms in total. The fraction of sp³-hybridized carbons (Fsp3) is 0.125. The Balaban J connectivity index is 1.32. The predicted molar refractivity (Wildman–Crippen MR) is 148 cm³/mol. The Morgan fingerprint density at radius 3 is 2.33 bits per heavy atom. The molecule has 2 heterocycles. The van der Waals surface area contributed by atoms with Crippen LogP contribution >= 0.6 is 0 Å². The third-order valence-electron chi connectivity index (χ3n) is 7.16. The van der Waals surface area contributed by atoms with Gasteiger partial charge in [0.15, 0.2) is 5.58 Å². The number of halogens is 1. The second-order valence-electron chi connectivity index (χ2n) is 9.60. The number of carbonyl (C=O) groups excluding carboxylic acids is 3. The number of benzene rings is 4. The molecule has 0 saturated carbocycles. The molecule has 1 saturated heterocycles. The van der Waals surface area contributed by atoms with E-state index >= 15 is 0 Å². The predicted octanol–water partition coefficient (Wildman–Crippen LogP) is 6.17. The molecule has 0 spiro atoms. The monoisotopic (exact) mass is 533 g/mol. The lowest BCUT2D eigenvalue weighted by Gasteiger charge is -2.33. The van der Waals surface area contributed by atoms with E-state index in [9.17, 15) is 18.8 Å². The van der Waals surface area contributed by atoms with Gasteiger partial charge in [-0.05, 0) is 61.0 Å². The highest BCUT2D eigenvalue weighted by Gasteiger charge is 2.46. The van der Waals surface area contributed by atoms with Gasteiger partial charge in [-0.3, -0.25) is 14.4 Å². The van der Waals surface area contributed by atoms with Gasteiger partial charge >= 0.3 is 0 Å². The number of aromatic nitrogens is 1. The van der Waals surface area contributed by atoms with Gasteiger partial charge in [0, 0.05) is 5.56 Å². The highest BCUT2D eigenvalue weighted by Crippen LogP contribution is 2.34. The minimum atomic E-state index is -1.11. The third-order valence-corrected chi connectivity index (χ3v) is 7.16. The van der Waals surface area contributed by atoms with Gasteiger partial charge in [-0.2, -0.15) is 0 Å². The maximum absolute atomic E-state index is 14.7. The quantitative estimate of drug-likeness (QED) is 0.244. The molecule has 1 aliphatic rings. The van der Waals surface area contributed by atoms with Crippen LogP contribution in [0.1, 0.15) is 35.3 Å². The van der Waals surface area contributed by atoms with E-state index in [-0.39, 0.29) is 12.0 Å². The summed E-state index contributed by atoms with van der Waals surface area (Å²) in [4.78, 5) is 47.6. The Labute approximate surface area is 229 Å². The van der Waals surface area contributed by atoms with Crippen molar-refractivity contribution in [3.05, 3.63) is 120 Å². The van der Waals surface area contributed by atoms with E-state index in [1.54, 1.807) is 37.3 Å². The van der Waals surface area contributed by atoms with E-state index in [1.807, 2.05) is 54.6 Å². The van der Waals surface area contributed by atoms with Crippen LogP contribution in [0.25, 0.3) is 22.6 Å². The maximum atomic E-state index is 14.7. The van der Waals surface area contributed by atoms with Crippen LogP contribution in [0.5, 0.6) is 0 Å². The summed E-state index contributed by atoms with van der Waals surface area (Å²) in [7, 11) is 0. The van der Waals surface area contributed by atoms with Crippen LogP contribution in [-0.2, 0) is 9.59 Å². The fourth-order valence-corrected chi connectivity index (χ4v) is 5.11. The van der Waals surface area contributed by atoms with Gasteiger partial charge in [0.25, 0.3) is 11.8 Å². The van der Waals surface area contributed by atoms with Crippen LogP contribution in [0, 0.1) is 5.82 Å². The number of carbonyl (C=O) groups is 3. The number of hydrogen-bond acceptors (Lipinski definition) is 5. The van der Waals surface area contributed by atoms with Crippen molar-refractivity contribution in [3.8, 4) is 11.5 Å². The van der Waals surface area contributed by atoms with Crippen LogP contribution < -0.4 is 4.90 Å². The largest absolute Gasteiger partial charge is 0.436 e. The van der Waals surface area contributed by atoms with E-state index in [2.05, 4.69) is 4.98 Å². The number of para-hydroxylation sites is 2.